The first kappa shape index (κ1) is 14.6. The summed E-state index contributed by atoms with van der Waals surface area (Å²) in [5.41, 5.74) is 1.49. The van der Waals surface area contributed by atoms with Crippen LogP contribution in [0.15, 0.2) is 47.5 Å². The number of hydrogen-bond donors (Lipinski definition) is 1. The molecule has 0 spiro atoms. The summed E-state index contributed by atoms with van der Waals surface area (Å²) in [4.78, 5) is 20.1. The van der Waals surface area contributed by atoms with E-state index >= 15 is 0 Å². The molecule has 0 aliphatic carbocycles. The molecule has 1 amide bonds. The molecule has 20 heavy (non-hydrogen) atoms. The van der Waals surface area contributed by atoms with Gasteiger partial charge in [0.2, 0.25) is 0 Å². The predicted octanol–water partition coefficient (Wildman–Crippen LogP) is 2.36. The molecule has 2 heterocycles. The number of aromatic nitrogens is 2. The number of halogens is 1. The van der Waals surface area contributed by atoms with E-state index in [1.807, 2.05) is 12.1 Å². The lowest BCUT2D eigenvalue weighted by molar-refractivity contribution is 0.0896. The van der Waals surface area contributed by atoms with Crippen LogP contribution in [0.25, 0.3) is 0 Å². The Hall–Kier alpha value is -1.79. The molecule has 6 heteroatoms. The fourth-order valence-electron chi connectivity index (χ4n) is 1.77. The van der Waals surface area contributed by atoms with Crippen LogP contribution >= 0.6 is 15.9 Å². The standard InChI is InChI=1S/C14H14BrN3O2/c1-20-9-12(11-4-7-17-13(15)8-11)18-14(19)10-2-5-16-6-3-10/h2-8,12H,9H2,1H3,(H,18,19)/t12-/m0/s1. The van der Waals surface area contributed by atoms with Gasteiger partial charge in [0.05, 0.1) is 12.6 Å². The van der Waals surface area contributed by atoms with E-state index in [9.17, 15) is 4.79 Å². The van der Waals surface area contributed by atoms with Gasteiger partial charge in [-0.25, -0.2) is 4.98 Å². The van der Waals surface area contributed by atoms with E-state index in [2.05, 4.69) is 31.2 Å². The number of methoxy groups -OCH3 is 1. The van der Waals surface area contributed by atoms with E-state index in [1.165, 1.54) is 0 Å². The van der Waals surface area contributed by atoms with Gasteiger partial charge in [0.15, 0.2) is 0 Å². The summed E-state index contributed by atoms with van der Waals surface area (Å²) in [6.07, 6.45) is 4.85. The highest BCUT2D eigenvalue weighted by Gasteiger charge is 2.16. The van der Waals surface area contributed by atoms with Crippen molar-refractivity contribution in [1.29, 1.82) is 0 Å². The second-order valence-corrected chi connectivity index (χ2v) is 4.94. The van der Waals surface area contributed by atoms with Gasteiger partial charge >= 0.3 is 0 Å². The highest BCUT2D eigenvalue weighted by molar-refractivity contribution is 9.10. The molecule has 0 fully saturated rings. The van der Waals surface area contributed by atoms with Gasteiger partial charge in [-0.3, -0.25) is 9.78 Å². The number of nitrogens with one attached hydrogen (secondary N) is 1. The summed E-state index contributed by atoms with van der Waals surface area (Å²) in [5, 5.41) is 2.94. The molecular weight excluding hydrogens is 322 g/mol. The molecule has 5 nitrogen and oxygen atoms in total. The third-order valence-electron chi connectivity index (χ3n) is 2.73. The highest BCUT2D eigenvalue weighted by Crippen LogP contribution is 2.17. The monoisotopic (exact) mass is 335 g/mol. The Kier molecular flexibility index (Phi) is 5.20. The van der Waals surface area contributed by atoms with Crippen LogP contribution in [0.5, 0.6) is 0 Å². The van der Waals surface area contributed by atoms with Crippen LogP contribution in [-0.2, 0) is 4.74 Å². The summed E-state index contributed by atoms with van der Waals surface area (Å²) >= 11 is 3.32. The molecule has 0 unspecified atom stereocenters. The fourth-order valence-corrected chi connectivity index (χ4v) is 2.15. The van der Waals surface area contributed by atoms with Crippen molar-refractivity contribution in [2.24, 2.45) is 0 Å². The molecule has 1 N–H and O–H groups in total. The summed E-state index contributed by atoms with van der Waals surface area (Å²) in [6.45, 7) is 0.382. The van der Waals surface area contributed by atoms with E-state index in [0.717, 1.165) is 5.56 Å². The van der Waals surface area contributed by atoms with Crippen LogP contribution in [0, 0.1) is 0 Å². The van der Waals surface area contributed by atoms with Crippen LogP contribution in [0.1, 0.15) is 22.0 Å². The van der Waals surface area contributed by atoms with Crippen LogP contribution in [0.4, 0.5) is 0 Å². The molecular formula is C14H14BrN3O2. The zero-order chi connectivity index (χ0) is 14.4. The van der Waals surface area contributed by atoms with Crippen LogP contribution in [0.3, 0.4) is 0 Å². The number of amides is 1. The molecule has 2 aromatic heterocycles. The summed E-state index contributed by atoms with van der Waals surface area (Å²) in [6, 6.07) is 6.81. The number of carbonyl (C=O) groups is 1. The fraction of sp³-hybridized carbons (Fsp3) is 0.214. The Morgan fingerprint density at radius 1 is 1.35 bits per heavy atom. The molecule has 0 saturated heterocycles. The van der Waals surface area contributed by atoms with Gasteiger partial charge in [-0.15, -0.1) is 0 Å². The lowest BCUT2D eigenvalue weighted by Gasteiger charge is -2.18. The molecule has 0 bridgehead atoms. The number of rotatable bonds is 5. The number of hydrogen-bond acceptors (Lipinski definition) is 4. The van der Waals surface area contributed by atoms with Gasteiger partial charge in [-0.05, 0) is 45.8 Å². The minimum absolute atomic E-state index is 0.164. The van der Waals surface area contributed by atoms with E-state index in [-0.39, 0.29) is 11.9 Å². The van der Waals surface area contributed by atoms with Crippen molar-refractivity contribution in [1.82, 2.24) is 15.3 Å². The van der Waals surface area contributed by atoms with Crippen molar-refractivity contribution < 1.29 is 9.53 Å². The topological polar surface area (TPSA) is 64.1 Å². The van der Waals surface area contributed by atoms with Crippen molar-refractivity contribution in [2.75, 3.05) is 13.7 Å². The zero-order valence-electron chi connectivity index (χ0n) is 10.9. The van der Waals surface area contributed by atoms with Crippen molar-refractivity contribution in [3.63, 3.8) is 0 Å². The van der Waals surface area contributed by atoms with Gasteiger partial charge in [0, 0.05) is 31.3 Å². The molecule has 104 valence electrons. The minimum atomic E-state index is -0.236. The molecule has 0 aliphatic heterocycles. The van der Waals surface area contributed by atoms with E-state index in [1.54, 1.807) is 37.8 Å². The van der Waals surface area contributed by atoms with Crippen LogP contribution in [-0.4, -0.2) is 29.6 Å². The molecule has 0 radical (unpaired) electrons. The second-order valence-electron chi connectivity index (χ2n) is 4.13. The molecule has 2 aromatic rings. The quantitative estimate of drug-likeness (QED) is 0.852. The Bertz CT molecular complexity index is 578. The lowest BCUT2D eigenvalue weighted by atomic mass is 10.1. The number of nitrogens with zero attached hydrogens (tertiary/aromatic N) is 2. The highest BCUT2D eigenvalue weighted by atomic mass is 79.9. The van der Waals surface area contributed by atoms with E-state index < -0.39 is 0 Å². The zero-order valence-corrected chi connectivity index (χ0v) is 12.5. The van der Waals surface area contributed by atoms with Crippen molar-refractivity contribution in [3.8, 4) is 0 Å². The molecule has 0 aromatic carbocycles. The van der Waals surface area contributed by atoms with E-state index in [0.29, 0.717) is 16.8 Å². The van der Waals surface area contributed by atoms with Crippen molar-refractivity contribution >= 4 is 21.8 Å². The number of pyridine rings is 2. The lowest BCUT2D eigenvalue weighted by Crippen LogP contribution is -2.31. The molecule has 2 rings (SSSR count). The first-order chi connectivity index (χ1) is 9.70. The second kappa shape index (κ2) is 7.12. The average Bonchev–Trinajstić information content (AvgIpc) is 2.47. The largest absolute Gasteiger partial charge is 0.382 e. The Balaban J connectivity index is 2.16. The summed E-state index contributed by atoms with van der Waals surface area (Å²) in [5.74, 6) is -0.164. The summed E-state index contributed by atoms with van der Waals surface area (Å²) in [7, 11) is 1.60. The van der Waals surface area contributed by atoms with Crippen LogP contribution in [0.2, 0.25) is 0 Å². The first-order valence-corrected chi connectivity index (χ1v) is 6.81. The maximum atomic E-state index is 12.2. The molecule has 0 saturated carbocycles. The van der Waals surface area contributed by atoms with Gasteiger partial charge < -0.3 is 10.1 Å². The molecule has 0 aliphatic rings. The SMILES string of the molecule is COC[C@H](NC(=O)c1ccncc1)c1ccnc(Br)c1. The van der Waals surface area contributed by atoms with Gasteiger partial charge in [-0.1, -0.05) is 0 Å². The minimum Gasteiger partial charge on any atom is -0.382 e. The van der Waals surface area contributed by atoms with Gasteiger partial charge in [-0.2, -0.15) is 0 Å². The third kappa shape index (κ3) is 3.85. The van der Waals surface area contributed by atoms with Crippen molar-refractivity contribution in [2.45, 2.75) is 6.04 Å². The van der Waals surface area contributed by atoms with Gasteiger partial charge in [0.25, 0.3) is 5.91 Å². The third-order valence-corrected chi connectivity index (χ3v) is 3.17. The average molecular weight is 336 g/mol. The van der Waals surface area contributed by atoms with Gasteiger partial charge in [0.1, 0.15) is 4.60 Å². The van der Waals surface area contributed by atoms with Crippen LogP contribution < -0.4 is 5.32 Å². The molecule has 1 atom stereocenters. The van der Waals surface area contributed by atoms with E-state index in [4.69, 9.17) is 4.74 Å². The Labute approximate surface area is 125 Å². The number of carbonyl (C=O) groups excluding carboxylic acids is 1. The maximum Gasteiger partial charge on any atom is 0.251 e. The summed E-state index contributed by atoms with van der Waals surface area (Å²) < 4.78 is 5.89. The smallest absolute Gasteiger partial charge is 0.251 e. The maximum absolute atomic E-state index is 12.2. The number of ether oxygens (including phenoxy) is 1. The van der Waals surface area contributed by atoms with Crippen molar-refractivity contribution in [3.05, 3.63) is 58.6 Å². The normalized spacial score (nSPS) is 11.9. The predicted molar refractivity (Wildman–Crippen MR) is 78.3 cm³/mol. The first-order valence-electron chi connectivity index (χ1n) is 6.02. The Morgan fingerprint density at radius 2 is 2.10 bits per heavy atom. The Morgan fingerprint density at radius 3 is 2.75 bits per heavy atom.